The molecule has 2 N–H and O–H groups in total. The Morgan fingerprint density at radius 2 is 1.87 bits per heavy atom. The van der Waals surface area contributed by atoms with Gasteiger partial charge in [-0.2, -0.15) is 5.26 Å². The number of rotatable bonds is 6. The van der Waals surface area contributed by atoms with Crippen molar-refractivity contribution in [2.75, 3.05) is 10.6 Å². The van der Waals surface area contributed by atoms with Gasteiger partial charge in [0.05, 0.1) is 5.56 Å². The summed E-state index contributed by atoms with van der Waals surface area (Å²) in [6, 6.07) is 15.0. The predicted octanol–water partition coefficient (Wildman–Crippen LogP) is 5.53. The number of nitrogens with one attached hydrogen (secondary N) is 2. The van der Waals surface area contributed by atoms with Gasteiger partial charge in [0, 0.05) is 22.5 Å². The smallest absolute Gasteiger partial charge is 0.247 e. The van der Waals surface area contributed by atoms with Crippen molar-refractivity contribution in [2.24, 2.45) is 0 Å². The van der Waals surface area contributed by atoms with Crippen LogP contribution in [0.3, 0.4) is 0 Å². The fourth-order valence-corrected chi connectivity index (χ4v) is 2.97. The molecule has 0 radical (unpaired) electrons. The van der Waals surface area contributed by atoms with Crippen molar-refractivity contribution in [3.63, 3.8) is 0 Å². The maximum absolute atomic E-state index is 13.4. The lowest BCUT2D eigenvalue weighted by molar-refractivity contribution is -0.111. The van der Waals surface area contributed by atoms with Crippen LogP contribution in [0.25, 0.3) is 0 Å². The quantitative estimate of drug-likeness (QED) is 0.401. The standard InChI is InChI=1S/C20H14FN5OS.C2H6/c1-2-18(27)24-14-3-6-16(7-4-14)28-19-9-10-23-20(26-19)25-15-5-8-17(21)13(11-15)12-22;1-2/h2-11H,1H2,(H,24,27)(H,23,25,26);1-2H3. The summed E-state index contributed by atoms with van der Waals surface area (Å²) in [6.45, 7) is 7.41. The van der Waals surface area contributed by atoms with Crippen molar-refractivity contribution >= 4 is 35.0 Å². The number of anilines is 3. The van der Waals surface area contributed by atoms with E-state index in [0.29, 0.717) is 22.3 Å². The minimum atomic E-state index is -0.578. The molecule has 0 atom stereocenters. The number of hydrogen-bond donors (Lipinski definition) is 2. The van der Waals surface area contributed by atoms with Crippen molar-refractivity contribution in [3.8, 4) is 6.07 Å². The molecule has 1 heterocycles. The second kappa shape index (κ2) is 11.3. The highest BCUT2D eigenvalue weighted by Gasteiger charge is 2.06. The topological polar surface area (TPSA) is 90.7 Å². The van der Waals surface area contributed by atoms with Gasteiger partial charge in [-0.3, -0.25) is 4.79 Å². The molecule has 0 bridgehead atoms. The van der Waals surface area contributed by atoms with Crippen LogP contribution in [0.1, 0.15) is 19.4 Å². The number of hydrogen-bond acceptors (Lipinski definition) is 6. The maximum atomic E-state index is 13.4. The van der Waals surface area contributed by atoms with Gasteiger partial charge >= 0.3 is 0 Å². The first-order chi connectivity index (χ1) is 14.6. The lowest BCUT2D eigenvalue weighted by Crippen LogP contribution is -2.06. The Bertz CT molecular complexity index is 1060. The molecule has 0 spiro atoms. The van der Waals surface area contributed by atoms with Crippen molar-refractivity contribution in [2.45, 2.75) is 23.8 Å². The van der Waals surface area contributed by atoms with Crippen molar-refractivity contribution in [1.82, 2.24) is 9.97 Å². The maximum Gasteiger partial charge on any atom is 0.247 e. The highest BCUT2D eigenvalue weighted by molar-refractivity contribution is 7.99. The number of halogens is 1. The van der Waals surface area contributed by atoms with Crippen molar-refractivity contribution in [1.29, 1.82) is 5.26 Å². The molecular weight excluding hydrogens is 401 g/mol. The molecule has 6 nitrogen and oxygen atoms in total. The largest absolute Gasteiger partial charge is 0.324 e. The van der Waals surface area contributed by atoms with E-state index in [4.69, 9.17) is 5.26 Å². The highest BCUT2D eigenvalue weighted by Crippen LogP contribution is 2.28. The molecule has 8 heteroatoms. The van der Waals surface area contributed by atoms with Gasteiger partial charge < -0.3 is 10.6 Å². The van der Waals surface area contributed by atoms with E-state index in [9.17, 15) is 9.18 Å². The number of benzene rings is 2. The van der Waals surface area contributed by atoms with E-state index >= 15 is 0 Å². The molecule has 3 aromatic rings. The minimum Gasteiger partial charge on any atom is -0.324 e. The summed E-state index contributed by atoms with van der Waals surface area (Å²) in [7, 11) is 0. The summed E-state index contributed by atoms with van der Waals surface area (Å²) in [5.41, 5.74) is 1.13. The van der Waals surface area contributed by atoms with Gasteiger partial charge in [0.15, 0.2) is 0 Å². The number of nitrogens with zero attached hydrogens (tertiary/aromatic N) is 3. The summed E-state index contributed by atoms with van der Waals surface area (Å²) >= 11 is 1.42. The fourth-order valence-electron chi connectivity index (χ4n) is 2.20. The van der Waals surface area contributed by atoms with E-state index in [0.717, 1.165) is 4.90 Å². The van der Waals surface area contributed by atoms with Crippen molar-refractivity contribution < 1.29 is 9.18 Å². The molecule has 2 aromatic carbocycles. The molecule has 0 saturated carbocycles. The van der Waals surface area contributed by atoms with Gasteiger partial charge in [-0.1, -0.05) is 32.2 Å². The number of nitriles is 1. The molecule has 0 aliphatic rings. The van der Waals surface area contributed by atoms with E-state index in [1.807, 2.05) is 26.0 Å². The zero-order chi connectivity index (χ0) is 21.9. The Labute approximate surface area is 178 Å². The first kappa shape index (κ1) is 22.6. The van der Waals surface area contributed by atoms with Gasteiger partial charge in [-0.15, -0.1) is 0 Å². The molecule has 30 heavy (non-hydrogen) atoms. The zero-order valence-electron chi connectivity index (χ0n) is 16.5. The third kappa shape index (κ3) is 6.43. The number of amides is 1. The van der Waals surface area contributed by atoms with Gasteiger partial charge in [-0.05, 0) is 54.6 Å². The highest BCUT2D eigenvalue weighted by atomic mass is 32.2. The Kier molecular flexibility index (Phi) is 8.54. The summed E-state index contributed by atoms with van der Waals surface area (Å²) in [6.07, 6.45) is 2.81. The minimum absolute atomic E-state index is 0.0563. The van der Waals surface area contributed by atoms with Gasteiger partial charge in [-0.25, -0.2) is 14.4 Å². The third-order valence-electron chi connectivity index (χ3n) is 3.50. The molecular formula is C22H20FN5OS. The molecule has 152 valence electrons. The molecule has 3 rings (SSSR count). The first-order valence-corrected chi connectivity index (χ1v) is 9.90. The summed E-state index contributed by atoms with van der Waals surface area (Å²) in [4.78, 5) is 20.8. The average molecular weight is 422 g/mol. The second-order valence-corrected chi connectivity index (χ2v) is 6.56. The van der Waals surface area contributed by atoms with Crippen LogP contribution in [0.5, 0.6) is 0 Å². The fraction of sp³-hybridized carbons (Fsp3) is 0.0909. The van der Waals surface area contributed by atoms with Crippen LogP contribution in [0.2, 0.25) is 0 Å². The average Bonchev–Trinajstić information content (AvgIpc) is 2.78. The number of carbonyl (C=O) groups is 1. The Hall–Kier alpha value is -3.70. The van der Waals surface area contributed by atoms with Crippen LogP contribution >= 0.6 is 11.8 Å². The lowest BCUT2D eigenvalue weighted by atomic mass is 10.2. The second-order valence-electron chi connectivity index (χ2n) is 5.47. The van der Waals surface area contributed by atoms with E-state index in [-0.39, 0.29) is 11.5 Å². The molecule has 1 amide bonds. The molecule has 0 unspecified atom stereocenters. The van der Waals surface area contributed by atoms with Gasteiger partial charge in [0.2, 0.25) is 11.9 Å². The van der Waals surface area contributed by atoms with Crippen LogP contribution in [0.4, 0.5) is 21.7 Å². The van der Waals surface area contributed by atoms with Gasteiger partial charge in [0.1, 0.15) is 16.9 Å². The van der Waals surface area contributed by atoms with Crippen LogP contribution in [0, 0.1) is 17.1 Å². The van der Waals surface area contributed by atoms with E-state index in [2.05, 4.69) is 27.2 Å². The monoisotopic (exact) mass is 421 g/mol. The molecule has 1 aromatic heterocycles. The summed E-state index contributed by atoms with van der Waals surface area (Å²) in [5.74, 6) is -0.520. The van der Waals surface area contributed by atoms with Crippen LogP contribution in [0.15, 0.2) is 77.3 Å². The Morgan fingerprint density at radius 3 is 2.53 bits per heavy atom. The van der Waals surface area contributed by atoms with E-state index in [1.54, 1.807) is 30.5 Å². The summed E-state index contributed by atoms with van der Waals surface area (Å²) < 4.78 is 13.4. The molecule has 0 fully saturated rings. The number of carbonyl (C=O) groups excluding carboxylic acids is 1. The van der Waals surface area contributed by atoms with Crippen LogP contribution in [-0.2, 0) is 4.79 Å². The molecule has 0 aliphatic heterocycles. The van der Waals surface area contributed by atoms with Crippen LogP contribution < -0.4 is 10.6 Å². The van der Waals surface area contributed by atoms with Crippen molar-refractivity contribution in [3.05, 3.63) is 78.8 Å². The van der Waals surface area contributed by atoms with Gasteiger partial charge in [0.25, 0.3) is 0 Å². The molecule has 0 saturated heterocycles. The Morgan fingerprint density at radius 1 is 1.17 bits per heavy atom. The number of aromatic nitrogens is 2. The third-order valence-corrected chi connectivity index (χ3v) is 4.45. The van der Waals surface area contributed by atoms with Crippen LogP contribution in [-0.4, -0.2) is 15.9 Å². The lowest BCUT2D eigenvalue weighted by Gasteiger charge is -2.07. The van der Waals surface area contributed by atoms with E-state index in [1.165, 1.54) is 36.0 Å². The van der Waals surface area contributed by atoms with E-state index < -0.39 is 5.82 Å². The molecule has 0 aliphatic carbocycles. The Balaban J connectivity index is 0.00000155. The first-order valence-electron chi connectivity index (χ1n) is 9.08. The normalized spacial score (nSPS) is 9.53. The SMILES string of the molecule is C=CC(=O)Nc1ccc(Sc2ccnc(Nc3ccc(F)c(C#N)c3)n2)cc1.CC. The predicted molar refractivity (Wildman–Crippen MR) is 117 cm³/mol. The summed E-state index contributed by atoms with van der Waals surface area (Å²) in [5, 5.41) is 15.3. The zero-order valence-corrected chi connectivity index (χ0v) is 17.3.